The number of aliphatic hydroxyl groups is 1. The third kappa shape index (κ3) is 7.07. The van der Waals surface area contributed by atoms with Crippen LogP contribution >= 0.6 is 0 Å². The Morgan fingerprint density at radius 2 is 1.83 bits per heavy atom. The molecule has 0 saturated heterocycles. The average Bonchev–Trinajstić information content (AvgIpc) is 3.13. The first kappa shape index (κ1) is 24.5. The van der Waals surface area contributed by atoms with Gasteiger partial charge in [-0.05, 0) is 39.5 Å². The van der Waals surface area contributed by atoms with Gasteiger partial charge in [0.05, 0.1) is 35.1 Å². The minimum atomic E-state index is -0.761. The summed E-state index contributed by atoms with van der Waals surface area (Å²) in [6.07, 6.45) is 2.32. The molecule has 0 amide bonds. The highest BCUT2D eigenvalue weighted by Crippen LogP contribution is 2.14. The van der Waals surface area contributed by atoms with Crippen LogP contribution in [0.4, 0.5) is 5.95 Å². The van der Waals surface area contributed by atoms with Crippen molar-refractivity contribution >= 4 is 17.4 Å². The van der Waals surface area contributed by atoms with E-state index in [9.17, 15) is 20.4 Å². The van der Waals surface area contributed by atoms with Gasteiger partial charge in [0.15, 0.2) is 0 Å². The van der Waals surface area contributed by atoms with Crippen molar-refractivity contribution in [2.75, 3.05) is 13.1 Å². The molecule has 0 bridgehead atoms. The summed E-state index contributed by atoms with van der Waals surface area (Å²) in [5.41, 5.74) is -0.475. The lowest BCUT2D eigenvalue weighted by atomic mass is 9.95. The zero-order chi connectivity index (χ0) is 22.2. The van der Waals surface area contributed by atoms with Gasteiger partial charge in [0.2, 0.25) is 0 Å². The third-order valence-corrected chi connectivity index (χ3v) is 4.90. The van der Waals surface area contributed by atoms with Gasteiger partial charge < -0.3 is 36.3 Å². The third-order valence-electron chi connectivity index (χ3n) is 4.90. The van der Waals surface area contributed by atoms with Gasteiger partial charge in [-0.3, -0.25) is 0 Å². The first-order valence-electron chi connectivity index (χ1n) is 9.18. The van der Waals surface area contributed by atoms with Crippen molar-refractivity contribution in [1.82, 2.24) is 20.2 Å². The second kappa shape index (κ2) is 10.3. The number of β-amino-alcohol motifs (C(OH)–C–C–N with tert-alkyl or cyclic N) is 1. The van der Waals surface area contributed by atoms with Crippen molar-refractivity contribution in [1.29, 1.82) is 0 Å². The first-order chi connectivity index (χ1) is 13.4. The molecular weight excluding hydrogens is 382 g/mol. The Morgan fingerprint density at radius 3 is 2.34 bits per heavy atom. The van der Waals surface area contributed by atoms with Crippen LogP contribution in [0, 0.1) is 10.1 Å². The molecule has 1 atom stereocenters. The lowest BCUT2D eigenvalue weighted by molar-refractivity contribution is -0.396. The van der Waals surface area contributed by atoms with Crippen LogP contribution in [0.2, 0.25) is 0 Å². The number of rotatable bonds is 12. The largest absolute Gasteiger partial charge is 0.434 e. The molecule has 164 valence electrons. The van der Waals surface area contributed by atoms with E-state index in [1.165, 1.54) is 17.0 Å². The molecule has 12 heteroatoms. The summed E-state index contributed by atoms with van der Waals surface area (Å²) in [6, 6.07) is 0. The normalized spacial score (nSPS) is 14.8. The van der Waals surface area contributed by atoms with Crippen LogP contribution in [-0.4, -0.2) is 71.7 Å². The quantitative estimate of drug-likeness (QED) is 0.146. The molecule has 0 saturated carbocycles. The zero-order valence-electron chi connectivity index (χ0n) is 17.5. The van der Waals surface area contributed by atoms with Crippen LogP contribution in [-0.2, 0) is 6.54 Å². The molecule has 5 N–H and O–H groups in total. The number of nitro groups is 1. The van der Waals surface area contributed by atoms with Crippen molar-refractivity contribution in [3.8, 4) is 0 Å². The molecule has 1 unspecified atom stereocenters. The summed E-state index contributed by atoms with van der Waals surface area (Å²) in [4.78, 5) is 14.0. The van der Waals surface area contributed by atoms with Crippen LogP contribution in [0.1, 0.15) is 41.0 Å². The minimum Gasteiger partial charge on any atom is -0.411 e. The van der Waals surface area contributed by atoms with Gasteiger partial charge in [-0.2, -0.15) is 0 Å². The molecule has 0 fully saturated rings. The van der Waals surface area contributed by atoms with Crippen molar-refractivity contribution in [2.45, 2.75) is 64.8 Å². The predicted molar refractivity (Wildman–Crippen MR) is 108 cm³/mol. The van der Waals surface area contributed by atoms with Gasteiger partial charge >= 0.3 is 5.95 Å². The van der Waals surface area contributed by atoms with Gasteiger partial charge in [-0.25, -0.2) is 4.57 Å². The van der Waals surface area contributed by atoms with E-state index < -0.39 is 22.1 Å². The van der Waals surface area contributed by atoms with E-state index in [1.54, 1.807) is 20.8 Å². The number of hydrogen-bond donors (Lipinski definition) is 5. The molecule has 12 nitrogen and oxygen atoms in total. The molecule has 0 aromatic carbocycles. The Hall–Kier alpha value is -2.57. The number of aliphatic hydroxyl groups excluding tert-OH is 1. The number of hydrogen-bond acceptors (Lipinski definition) is 10. The maximum absolute atomic E-state index is 10.9. The van der Waals surface area contributed by atoms with Crippen LogP contribution < -0.4 is 10.6 Å². The average molecular weight is 413 g/mol. The van der Waals surface area contributed by atoms with Crippen LogP contribution in [0.15, 0.2) is 22.7 Å². The van der Waals surface area contributed by atoms with Crippen LogP contribution in [0.5, 0.6) is 0 Å². The van der Waals surface area contributed by atoms with Gasteiger partial charge in [-0.15, -0.1) is 0 Å². The molecule has 1 heterocycles. The molecule has 0 radical (unpaired) electrons. The van der Waals surface area contributed by atoms with Gasteiger partial charge in [0, 0.05) is 19.5 Å². The van der Waals surface area contributed by atoms with Crippen LogP contribution in [0.25, 0.3) is 0 Å². The second-order valence-electron chi connectivity index (χ2n) is 7.83. The smallest absolute Gasteiger partial charge is 0.411 e. The fraction of sp³-hybridized carbons (Fsp3) is 0.706. The summed E-state index contributed by atoms with van der Waals surface area (Å²) in [5.74, 6) is -0.279. The zero-order valence-corrected chi connectivity index (χ0v) is 17.5. The summed E-state index contributed by atoms with van der Waals surface area (Å²) in [7, 11) is 0. The molecule has 1 aromatic heterocycles. The topological polar surface area (TPSA) is 170 Å². The highest BCUT2D eigenvalue weighted by atomic mass is 16.6. The molecule has 1 aromatic rings. The van der Waals surface area contributed by atoms with Crippen LogP contribution in [0.3, 0.4) is 0 Å². The predicted octanol–water partition coefficient (Wildman–Crippen LogP) is 0.959. The number of aryl methyl sites for hydroxylation is 1. The SMILES string of the molecule is C/C(=N/O)C(C)(C)NCC(O)CNC(C)(C)/C(CCn1ccnc1[N+](=O)[O-])=N/O. The van der Waals surface area contributed by atoms with E-state index in [0.717, 1.165) is 0 Å². The number of oxime groups is 2. The molecule has 0 aliphatic carbocycles. The van der Waals surface area contributed by atoms with Gasteiger partial charge in [-0.1, -0.05) is 15.3 Å². The molecule has 29 heavy (non-hydrogen) atoms. The van der Waals surface area contributed by atoms with Gasteiger partial charge in [0.1, 0.15) is 12.4 Å². The second-order valence-corrected chi connectivity index (χ2v) is 7.83. The Labute approximate surface area is 169 Å². The lowest BCUT2D eigenvalue weighted by Gasteiger charge is -2.30. The summed E-state index contributed by atoms with van der Waals surface area (Å²) in [6.45, 7) is 9.59. The summed E-state index contributed by atoms with van der Waals surface area (Å²) in [5, 5.41) is 52.3. The van der Waals surface area contributed by atoms with E-state index in [-0.39, 0.29) is 32.0 Å². The van der Waals surface area contributed by atoms with E-state index in [2.05, 4.69) is 25.9 Å². The monoisotopic (exact) mass is 413 g/mol. The number of imidazole rings is 1. The molecule has 0 aliphatic rings. The van der Waals surface area contributed by atoms with Gasteiger partial charge in [0.25, 0.3) is 0 Å². The van der Waals surface area contributed by atoms with E-state index in [0.29, 0.717) is 11.4 Å². The number of aromatic nitrogens is 2. The first-order valence-corrected chi connectivity index (χ1v) is 9.18. The molecular formula is C17H31N7O5. The van der Waals surface area contributed by atoms with Crippen molar-refractivity contribution < 1.29 is 20.4 Å². The van der Waals surface area contributed by atoms with Crippen molar-refractivity contribution in [3.63, 3.8) is 0 Å². The summed E-state index contributed by atoms with van der Waals surface area (Å²) < 4.78 is 1.37. The van der Waals surface area contributed by atoms with E-state index >= 15 is 0 Å². The standard InChI is InChI=1S/C17H31N7O5/c1-12(21-26)16(2,3)19-10-13(25)11-20-17(4,5)14(22-27)6-8-23-9-7-18-15(23)24(28)29/h7,9,13,19-20,25-27H,6,8,10-11H2,1-5H3/b21-12-,22-14+. The fourth-order valence-electron chi connectivity index (χ4n) is 2.53. The summed E-state index contributed by atoms with van der Waals surface area (Å²) >= 11 is 0. The highest BCUT2D eigenvalue weighted by molar-refractivity contribution is 5.92. The van der Waals surface area contributed by atoms with E-state index in [1.807, 2.05) is 13.8 Å². The molecule has 1 rings (SSSR count). The van der Waals surface area contributed by atoms with E-state index in [4.69, 9.17) is 5.21 Å². The number of nitrogens with zero attached hydrogens (tertiary/aromatic N) is 5. The van der Waals surface area contributed by atoms with Crippen molar-refractivity contribution in [2.24, 2.45) is 10.3 Å². The Bertz CT molecular complexity index is 742. The Kier molecular flexibility index (Phi) is 8.67. The number of nitrogens with one attached hydrogen (secondary N) is 2. The Morgan fingerprint density at radius 1 is 1.24 bits per heavy atom. The Balaban J connectivity index is 2.60. The fourth-order valence-corrected chi connectivity index (χ4v) is 2.53. The lowest BCUT2D eigenvalue weighted by Crippen LogP contribution is -2.53. The minimum absolute atomic E-state index is 0.204. The maximum atomic E-state index is 10.9. The highest BCUT2D eigenvalue weighted by Gasteiger charge is 2.28. The van der Waals surface area contributed by atoms with Crippen molar-refractivity contribution in [3.05, 3.63) is 22.5 Å². The molecule has 0 spiro atoms. The maximum Gasteiger partial charge on any atom is 0.434 e. The molecule has 0 aliphatic heterocycles.